The normalized spacial score (nSPS) is 22.5. The van der Waals surface area contributed by atoms with E-state index in [4.69, 9.17) is 0 Å². The van der Waals surface area contributed by atoms with Crippen molar-refractivity contribution in [2.75, 3.05) is 13.1 Å². The van der Waals surface area contributed by atoms with E-state index in [1.165, 1.54) is 23.1 Å². The van der Waals surface area contributed by atoms with E-state index in [2.05, 4.69) is 0 Å². The van der Waals surface area contributed by atoms with Crippen LogP contribution in [0.15, 0.2) is 24.3 Å². The van der Waals surface area contributed by atoms with Gasteiger partial charge in [0.1, 0.15) is 0 Å². The summed E-state index contributed by atoms with van der Waals surface area (Å²) in [4.78, 5) is 23.4. The number of β-amino-alcohol motifs (C(OH)–C–C–N with tert-alkyl or cyclic N) is 2. The number of hydrogen-bond acceptors (Lipinski definition) is 5. The first-order valence-corrected chi connectivity index (χ1v) is 5.84. The van der Waals surface area contributed by atoms with Gasteiger partial charge in [0, 0.05) is 25.2 Å². The maximum absolute atomic E-state index is 11.9. The molecule has 2 N–H and O–H groups in total. The number of nitro groups is 1. The quantitative estimate of drug-likeness (QED) is 0.577. The number of aliphatic hydroxyl groups is 2. The molecule has 1 aromatic carbocycles. The molecule has 1 aromatic rings. The molecule has 0 spiro atoms. The Labute approximate surface area is 109 Å². The van der Waals surface area contributed by atoms with E-state index in [0.29, 0.717) is 5.56 Å². The highest BCUT2D eigenvalue weighted by atomic mass is 16.6. The van der Waals surface area contributed by atoms with E-state index in [9.17, 15) is 25.1 Å². The van der Waals surface area contributed by atoms with Crippen molar-refractivity contribution in [2.45, 2.75) is 18.6 Å². The van der Waals surface area contributed by atoms with E-state index in [0.717, 1.165) is 0 Å². The lowest BCUT2D eigenvalue weighted by Crippen LogP contribution is -2.31. The molecule has 7 heteroatoms. The molecule has 102 valence electrons. The summed E-state index contributed by atoms with van der Waals surface area (Å²) in [5.41, 5.74) is 0.474. The van der Waals surface area contributed by atoms with Crippen LogP contribution in [0.2, 0.25) is 0 Å². The molecule has 0 saturated carbocycles. The molecule has 1 amide bonds. The predicted molar refractivity (Wildman–Crippen MR) is 65.4 cm³/mol. The fraction of sp³-hybridized carbons (Fsp3) is 0.417. The molecule has 1 aliphatic heterocycles. The first-order valence-electron chi connectivity index (χ1n) is 5.84. The van der Waals surface area contributed by atoms with Gasteiger partial charge in [-0.25, -0.2) is 0 Å². The van der Waals surface area contributed by atoms with Crippen LogP contribution in [0.1, 0.15) is 5.56 Å². The van der Waals surface area contributed by atoms with Gasteiger partial charge in [0.2, 0.25) is 5.91 Å². The Balaban J connectivity index is 2.03. The van der Waals surface area contributed by atoms with Crippen LogP contribution in [-0.2, 0) is 11.2 Å². The lowest BCUT2D eigenvalue weighted by Gasteiger charge is -2.15. The van der Waals surface area contributed by atoms with E-state index in [1.54, 1.807) is 6.07 Å². The second-order valence-corrected chi connectivity index (χ2v) is 4.54. The van der Waals surface area contributed by atoms with Gasteiger partial charge in [-0.2, -0.15) is 0 Å². The van der Waals surface area contributed by atoms with Crippen LogP contribution < -0.4 is 0 Å². The number of non-ortho nitro benzene ring substituents is 1. The summed E-state index contributed by atoms with van der Waals surface area (Å²) in [5.74, 6) is -0.268. The molecular weight excluding hydrogens is 252 g/mol. The number of nitro benzene ring substituents is 1. The summed E-state index contributed by atoms with van der Waals surface area (Å²) in [7, 11) is 0. The van der Waals surface area contributed by atoms with Crippen molar-refractivity contribution in [1.82, 2.24) is 4.90 Å². The zero-order valence-corrected chi connectivity index (χ0v) is 10.1. The second kappa shape index (κ2) is 5.33. The highest BCUT2D eigenvalue weighted by Gasteiger charge is 2.32. The minimum atomic E-state index is -0.922. The average molecular weight is 266 g/mol. The SMILES string of the molecule is O=C(Cc1cccc([N+](=O)[O-])c1)N1C[C@@H](O)[C@@H](O)C1. The monoisotopic (exact) mass is 266 g/mol. The first-order chi connectivity index (χ1) is 8.97. The third-order valence-electron chi connectivity index (χ3n) is 3.09. The summed E-state index contributed by atoms with van der Waals surface area (Å²) in [6.07, 6.45) is -1.83. The van der Waals surface area contributed by atoms with E-state index in [-0.39, 0.29) is 31.1 Å². The summed E-state index contributed by atoms with van der Waals surface area (Å²) >= 11 is 0. The van der Waals surface area contributed by atoms with Crippen molar-refractivity contribution in [1.29, 1.82) is 0 Å². The second-order valence-electron chi connectivity index (χ2n) is 4.54. The summed E-state index contributed by atoms with van der Waals surface area (Å²) in [5, 5.41) is 29.4. The largest absolute Gasteiger partial charge is 0.388 e. The highest BCUT2D eigenvalue weighted by Crippen LogP contribution is 2.16. The van der Waals surface area contributed by atoms with E-state index >= 15 is 0 Å². The number of nitrogens with zero attached hydrogens (tertiary/aromatic N) is 2. The summed E-state index contributed by atoms with van der Waals surface area (Å²) in [6, 6.07) is 5.86. The number of carbonyl (C=O) groups excluding carboxylic acids is 1. The molecule has 2 rings (SSSR count). The standard InChI is InChI=1S/C12H14N2O5/c15-10-6-13(7-11(10)16)12(17)5-8-2-1-3-9(4-8)14(18)19/h1-4,10-11,15-16H,5-7H2/t10-,11+. The third-order valence-corrected chi connectivity index (χ3v) is 3.09. The fourth-order valence-corrected chi connectivity index (χ4v) is 2.04. The summed E-state index contributed by atoms with van der Waals surface area (Å²) in [6.45, 7) is 0.184. The Bertz CT molecular complexity index is 495. The van der Waals surface area contributed by atoms with Crippen LogP contribution in [0, 0.1) is 10.1 Å². The first kappa shape index (κ1) is 13.4. The van der Waals surface area contributed by atoms with Crippen LogP contribution in [0.5, 0.6) is 0 Å². The molecule has 7 nitrogen and oxygen atoms in total. The molecule has 0 radical (unpaired) electrons. The lowest BCUT2D eigenvalue weighted by molar-refractivity contribution is -0.384. The van der Waals surface area contributed by atoms with Crippen molar-refractivity contribution < 1.29 is 19.9 Å². The lowest BCUT2D eigenvalue weighted by atomic mass is 10.1. The zero-order valence-electron chi connectivity index (χ0n) is 10.1. The van der Waals surface area contributed by atoms with Crippen LogP contribution in [0.25, 0.3) is 0 Å². The minimum absolute atomic E-state index is 0.0150. The molecule has 2 atom stereocenters. The smallest absolute Gasteiger partial charge is 0.269 e. The van der Waals surface area contributed by atoms with Crippen molar-refractivity contribution in [2.24, 2.45) is 0 Å². The van der Waals surface area contributed by atoms with Crippen molar-refractivity contribution in [3.05, 3.63) is 39.9 Å². The fourth-order valence-electron chi connectivity index (χ4n) is 2.04. The molecule has 19 heavy (non-hydrogen) atoms. The third kappa shape index (κ3) is 3.07. The molecule has 0 unspecified atom stereocenters. The number of rotatable bonds is 3. The van der Waals surface area contributed by atoms with Gasteiger partial charge in [-0.3, -0.25) is 14.9 Å². The minimum Gasteiger partial charge on any atom is -0.388 e. The molecule has 0 aliphatic carbocycles. The van der Waals surface area contributed by atoms with Crippen LogP contribution in [-0.4, -0.2) is 51.2 Å². The van der Waals surface area contributed by atoms with Gasteiger partial charge in [0.05, 0.1) is 23.6 Å². The molecule has 0 aromatic heterocycles. The van der Waals surface area contributed by atoms with Crippen molar-refractivity contribution in [3.63, 3.8) is 0 Å². The molecule has 1 heterocycles. The number of benzene rings is 1. The van der Waals surface area contributed by atoms with E-state index < -0.39 is 17.1 Å². The van der Waals surface area contributed by atoms with Gasteiger partial charge in [0.15, 0.2) is 0 Å². The van der Waals surface area contributed by atoms with Gasteiger partial charge >= 0.3 is 0 Å². The van der Waals surface area contributed by atoms with Gasteiger partial charge < -0.3 is 15.1 Å². The Morgan fingerprint density at radius 1 is 1.37 bits per heavy atom. The van der Waals surface area contributed by atoms with Gasteiger partial charge in [-0.05, 0) is 5.56 Å². The number of amides is 1. The van der Waals surface area contributed by atoms with Gasteiger partial charge in [0.25, 0.3) is 5.69 Å². The predicted octanol–water partition coefficient (Wildman–Crippen LogP) is -0.299. The van der Waals surface area contributed by atoms with Crippen LogP contribution in [0.4, 0.5) is 5.69 Å². The molecule has 1 saturated heterocycles. The van der Waals surface area contributed by atoms with Crippen LogP contribution in [0.3, 0.4) is 0 Å². The molecule has 1 fully saturated rings. The van der Waals surface area contributed by atoms with Crippen LogP contribution >= 0.6 is 0 Å². The van der Waals surface area contributed by atoms with Crippen molar-refractivity contribution in [3.8, 4) is 0 Å². The number of carbonyl (C=O) groups is 1. The Morgan fingerprint density at radius 2 is 2.00 bits per heavy atom. The Hall–Kier alpha value is -1.99. The number of aliphatic hydroxyl groups excluding tert-OH is 2. The Kier molecular flexibility index (Phi) is 3.77. The maximum atomic E-state index is 11.9. The molecular formula is C12H14N2O5. The van der Waals surface area contributed by atoms with Gasteiger partial charge in [-0.1, -0.05) is 12.1 Å². The topological polar surface area (TPSA) is 104 Å². The zero-order chi connectivity index (χ0) is 14.0. The van der Waals surface area contributed by atoms with Gasteiger partial charge in [-0.15, -0.1) is 0 Å². The Morgan fingerprint density at radius 3 is 2.58 bits per heavy atom. The highest BCUT2D eigenvalue weighted by molar-refractivity contribution is 5.79. The average Bonchev–Trinajstić information content (AvgIpc) is 2.70. The van der Waals surface area contributed by atoms with E-state index in [1.807, 2.05) is 0 Å². The number of likely N-dealkylation sites (tertiary alicyclic amines) is 1. The summed E-state index contributed by atoms with van der Waals surface area (Å²) < 4.78 is 0. The number of hydrogen-bond donors (Lipinski definition) is 2. The molecule has 1 aliphatic rings. The maximum Gasteiger partial charge on any atom is 0.269 e. The molecule has 0 bridgehead atoms. The van der Waals surface area contributed by atoms with Crippen molar-refractivity contribution >= 4 is 11.6 Å².